The number of amides is 1. The number of halogens is 1. The van der Waals surface area contributed by atoms with Crippen molar-refractivity contribution in [1.82, 2.24) is 5.32 Å². The molecule has 0 saturated heterocycles. The Bertz CT molecular complexity index is 567. The molecule has 1 N–H and O–H groups in total. The largest absolute Gasteiger partial charge is 0.496 e. The Hall–Kier alpha value is -2.36. The van der Waals surface area contributed by atoms with Crippen LogP contribution in [0.5, 0.6) is 5.75 Å². The fourth-order valence-electron chi connectivity index (χ4n) is 1.71. The van der Waals surface area contributed by atoms with Gasteiger partial charge in [0, 0.05) is 6.54 Å². The van der Waals surface area contributed by atoms with E-state index in [0.717, 1.165) is 5.56 Å². The van der Waals surface area contributed by atoms with Gasteiger partial charge in [-0.25, -0.2) is 4.39 Å². The van der Waals surface area contributed by atoms with E-state index in [1.807, 2.05) is 0 Å². The van der Waals surface area contributed by atoms with E-state index < -0.39 is 0 Å². The van der Waals surface area contributed by atoms with Gasteiger partial charge in [-0.15, -0.1) is 0 Å². The number of benzene rings is 2. The number of carbonyl (C=O) groups is 1. The molecule has 0 radical (unpaired) electrons. The average Bonchev–Trinajstić information content (AvgIpc) is 2.46. The molecule has 0 bridgehead atoms. The quantitative estimate of drug-likeness (QED) is 0.916. The second-order valence-corrected chi connectivity index (χ2v) is 4.01. The molecule has 0 aliphatic rings. The van der Waals surface area contributed by atoms with E-state index in [-0.39, 0.29) is 11.7 Å². The molecule has 0 aliphatic heterocycles. The third kappa shape index (κ3) is 3.31. The van der Waals surface area contributed by atoms with E-state index >= 15 is 0 Å². The smallest absolute Gasteiger partial charge is 0.255 e. The summed E-state index contributed by atoms with van der Waals surface area (Å²) in [4.78, 5) is 12.0. The fraction of sp³-hybridized carbons (Fsp3) is 0.133. The number of ether oxygens (including phenoxy) is 1. The van der Waals surface area contributed by atoms with Crippen molar-refractivity contribution in [1.29, 1.82) is 0 Å². The summed E-state index contributed by atoms with van der Waals surface area (Å²) in [6.07, 6.45) is 0. The normalized spacial score (nSPS) is 10.0. The van der Waals surface area contributed by atoms with Crippen LogP contribution in [0.3, 0.4) is 0 Å². The van der Waals surface area contributed by atoms with Crippen LogP contribution in [0.4, 0.5) is 4.39 Å². The number of nitrogens with one attached hydrogen (secondary N) is 1. The van der Waals surface area contributed by atoms with Gasteiger partial charge in [0.15, 0.2) is 0 Å². The molecule has 0 saturated carbocycles. The second-order valence-electron chi connectivity index (χ2n) is 4.01. The Labute approximate surface area is 111 Å². The van der Waals surface area contributed by atoms with Crippen LogP contribution in [0, 0.1) is 5.82 Å². The maximum absolute atomic E-state index is 12.7. The average molecular weight is 259 g/mol. The Balaban J connectivity index is 2.03. The summed E-state index contributed by atoms with van der Waals surface area (Å²) >= 11 is 0. The van der Waals surface area contributed by atoms with Crippen molar-refractivity contribution >= 4 is 5.91 Å². The van der Waals surface area contributed by atoms with Crippen LogP contribution in [0.15, 0.2) is 48.5 Å². The Morgan fingerprint density at radius 1 is 1.16 bits per heavy atom. The van der Waals surface area contributed by atoms with Gasteiger partial charge in [-0.05, 0) is 29.8 Å². The lowest BCUT2D eigenvalue weighted by Crippen LogP contribution is -2.23. The third-order valence-electron chi connectivity index (χ3n) is 2.72. The molecule has 98 valence electrons. The summed E-state index contributed by atoms with van der Waals surface area (Å²) in [6.45, 7) is 0.344. The fourth-order valence-corrected chi connectivity index (χ4v) is 1.71. The van der Waals surface area contributed by atoms with E-state index in [1.54, 1.807) is 36.4 Å². The van der Waals surface area contributed by atoms with Gasteiger partial charge < -0.3 is 10.1 Å². The summed E-state index contributed by atoms with van der Waals surface area (Å²) in [5, 5.41) is 2.77. The molecule has 2 aromatic rings. The van der Waals surface area contributed by atoms with Gasteiger partial charge in [0.05, 0.1) is 12.7 Å². The predicted molar refractivity (Wildman–Crippen MR) is 70.6 cm³/mol. The van der Waals surface area contributed by atoms with Crippen molar-refractivity contribution in [3.8, 4) is 5.75 Å². The number of hydrogen-bond donors (Lipinski definition) is 1. The monoisotopic (exact) mass is 259 g/mol. The standard InChI is InChI=1S/C15H14FNO2/c1-19-14-5-3-2-4-13(14)15(18)17-10-11-6-8-12(16)9-7-11/h2-9H,10H2,1H3,(H,17,18). The van der Waals surface area contributed by atoms with Crippen LogP contribution >= 0.6 is 0 Å². The first-order valence-corrected chi connectivity index (χ1v) is 5.86. The van der Waals surface area contributed by atoms with Crippen molar-refractivity contribution in [2.45, 2.75) is 6.54 Å². The van der Waals surface area contributed by atoms with Gasteiger partial charge in [-0.3, -0.25) is 4.79 Å². The minimum Gasteiger partial charge on any atom is -0.496 e. The SMILES string of the molecule is COc1ccccc1C(=O)NCc1ccc(F)cc1. The summed E-state index contributed by atoms with van der Waals surface area (Å²) < 4.78 is 17.9. The molecule has 0 unspecified atom stereocenters. The molecule has 0 heterocycles. The first-order chi connectivity index (χ1) is 9.20. The molecule has 2 aromatic carbocycles. The molecule has 0 aliphatic carbocycles. The van der Waals surface area contributed by atoms with E-state index in [9.17, 15) is 9.18 Å². The van der Waals surface area contributed by atoms with Crippen molar-refractivity contribution < 1.29 is 13.9 Å². The molecule has 1 amide bonds. The van der Waals surface area contributed by atoms with Gasteiger partial charge in [0.1, 0.15) is 11.6 Å². The van der Waals surface area contributed by atoms with Crippen molar-refractivity contribution in [2.24, 2.45) is 0 Å². The number of carbonyl (C=O) groups excluding carboxylic acids is 1. The minimum atomic E-state index is -0.292. The zero-order chi connectivity index (χ0) is 13.7. The van der Waals surface area contributed by atoms with Crippen LogP contribution < -0.4 is 10.1 Å². The highest BCUT2D eigenvalue weighted by atomic mass is 19.1. The summed E-state index contributed by atoms with van der Waals surface area (Å²) in [5.74, 6) is 0.0145. The molecule has 0 aromatic heterocycles. The highest BCUT2D eigenvalue weighted by Crippen LogP contribution is 2.17. The van der Waals surface area contributed by atoms with E-state index in [0.29, 0.717) is 17.9 Å². The van der Waals surface area contributed by atoms with Gasteiger partial charge >= 0.3 is 0 Å². The Morgan fingerprint density at radius 3 is 2.53 bits per heavy atom. The number of methoxy groups -OCH3 is 1. The number of rotatable bonds is 4. The first-order valence-electron chi connectivity index (χ1n) is 5.86. The van der Waals surface area contributed by atoms with E-state index in [4.69, 9.17) is 4.74 Å². The zero-order valence-electron chi connectivity index (χ0n) is 10.5. The molecule has 4 heteroatoms. The third-order valence-corrected chi connectivity index (χ3v) is 2.72. The van der Waals surface area contributed by atoms with Gasteiger partial charge in [0.25, 0.3) is 5.91 Å². The predicted octanol–water partition coefficient (Wildman–Crippen LogP) is 2.76. The maximum atomic E-state index is 12.7. The molecular formula is C15H14FNO2. The summed E-state index contributed by atoms with van der Waals surface area (Å²) in [7, 11) is 1.52. The highest BCUT2D eigenvalue weighted by Gasteiger charge is 2.10. The minimum absolute atomic E-state index is 0.221. The zero-order valence-corrected chi connectivity index (χ0v) is 10.5. The topological polar surface area (TPSA) is 38.3 Å². The molecule has 3 nitrogen and oxygen atoms in total. The maximum Gasteiger partial charge on any atom is 0.255 e. The molecule has 0 atom stereocenters. The lowest BCUT2D eigenvalue weighted by Gasteiger charge is -2.09. The van der Waals surface area contributed by atoms with Gasteiger partial charge in [-0.2, -0.15) is 0 Å². The number of hydrogen-bond acceptors (Lipinski definition) is 2. The van der Waals surface area contributed by atoms with Crippen molar-refractivity contribution in [3.05, 3.63) is 65.5 Å². The van der Waals surface area contributed by atoms with Crippen LogP contribution in [-0.2, 0) is 6.54 Å². The van der Waals surface area contributed by atoms with Crippen molar-refractivity contribution in [3.63, 3.8) is 0 Å². The highest BCUT2D eigenvalue weighted by molar-refractivity contribution is 5.96. The molecule has 0 spiro atoms. The van der Waals surface area contributed by atoms with Gasteiger partial charge in [-0.1, -0.05) is 24.3 Å². The van der Waals surface area contributed by atoms with E-state index in [1.165, 1.54) is 19.2 Å². The second kappa shape index (κ2) is 6.00. The van der Waals surface area contributed by atoms with E-state index in [2.05, 4.69) is 5.32 Å². The molecule has 2 rings (SSSR count). The summed E-state index contributed by atoms with van der Waals surface area (Å²) in [6, 6.07) is 13.0. The number of para-hydroxylation sites is 1. The molecular weight excluding hydrogens is 245 g/mol. The molecule has 19 heavy (non-hydrogen) atoms. The Morgan fingerprint density at radius 2 is 1.84 bits per heavy atom. The lowest BCUT2D eigenvalue weighted by molar-refractivity contribution is 0.0948. The first kappa shape index (κ1) is 13.1. The van der Waals surface area contributed by atoms with Gasteiger partial charge in [0.2, 0.25) is 0 Å². The molecule has 0 fully saturated rings. The van der Waals surface area contributed by atoms with Crippen LogP contribution in [0.2, 0.25) is 0 Å². The van der Waals surface area contributed by atoms with Crippen LogP contribution in [-0.4, -0.2) is 13.0 Å². The van der Waals surface area contributed by atoms with Crippen LogP contribution in [0.25, 0.3) is 0 Å². The van der Waals surface area contributed by atoms with Crippen LogP contribution in [0.1, 0.15) is 15.9 Å². The summed E-state index contributed by atoms with van der Waals surface area (Å²) in [5.41, 5.74) is 1.32. The van der Waals surface area contributed by atoms with Crippen molar-refractivity contribution in [2.75, 3.05) is 7.11 Å². The Kier molecular flexibility index (Phi) is 4.13. The lowest BCUT2D eigenvalue weighted by atomic mass is 10.1.